The van der Waals surface area contributed by atoms with E-state index in [-0.39, 0.29) is 0 Å². The molecule has 0 bridgehead atoms. The fourth-order valence-electron chi connectivity index (χ4n) is 2.71. The van der Waals surface area contributed by atoms with Gasteiger partial charge in [0, 0.05) is 12.6 Å². The second kappa shape index (κ2) is 5.60. The van der Waals surface area contributed by atoms with Gasteiger partial charge in [-0.2, -0.15) is 0 Å². The highest BCUT2D eigenvalue weighted by atomic mass is 16.4. The van der Waals surface area contributed by atoms with Crippen LogP contribution in [-0.4, -0.2) is 23.7 Å². The molecule has 0 aromatic rings. The van der Waals surface area contributed by atoms with E-state index in [1.807, 2.05) is 13.8 Å². The number of nitrogens with one attached hydrogen (secondary N) is 1. The van der Waals surface area contributed by atoms with Crippen LogP contribution in [0.3, 0.4) is 0 Å². The second-order valence-electron chi connectivity index (χ2n) is 6.90. The summed E-state index contributed by atoms with van der Waals surface area (Å²) in [7, 11) is 0. The molecule has 1 saturated carbocycles. The van der Waals surface area contributed by atoms with E-state index in [9.17, 15) is 9.90 Å². The molecule has 18 heavy (non-hydrogen) atoms. The Morgan fingerprint density at radius 1 is 1.22 bits per heavy atom. The first-order valence-corrected chi connectivity index (χ1v) is 7.22. The Balaban J connectivity index is 2.41. The molecular weight excluding hydrogens is 226 g/mol. The zero-order valence-corrected chi connectivity index (χ0v) is 12.5. The summed E-state index contributed by atoms with van der Waals surface area (Å²) in [6.45, 7) is 11.4. The standard InChI is InChI=1S/C15H29NO2/c1-6-15(7-2,13(17)18)10-16-12-8-11(9-12)14(3,4)5/h11-12,16H,6-10H2,1-5H3,(H,17,18). The van der Waals surface area contributed by atoms with E-state index in [0.29, 0.717) is 30.8 Å². The second-order valence-corrected chi connectivity index (χ2v) is 6.90. The summed E-state index contributed by atoms with van der Waals surface area (Å²) in [4.78, 5) is 11.4. The number of carbonyl (C=O) groups is 1. The van der Waals surface area contributed by atoms with Crippen molar-refractivity contribution < 1.29 is 9.90 Å². The molecule has 0 atom stereocenters. The van der Waals surface area contributed by atoms with Crippen LogP contribution < -0.4 is 5.32 Å². The number of carboxylic acids is 1. The zero-order valence-electron chi connectivity index (χ0n) is 12.5. The molecule has 3 nitrogen and oxygen atoms in total. The van der Waals surface area contributed by atoms with Crippen molar-refractivity contribution in [2.45, 2.75) is 66.3 Å². The van der Waals surface area contributed by atoms with Gasteiger partial charge in [0.2, 0.25) is 0 Å². The summed E-state index contributed by atoms with van der Waals surface area (Å²) < 4.78 is 0. The molecule has 0 saturated heterocycles. The first-order chi connectivity index (χ1) is 8.25. The third-order valence-electron chi connectivity index (χ3n) is 4.90. The van der Waals surface area contributed by atoms with Gasteiger partial charge in [-0.1, -0.05) is 34.6 Å². The van der Waals surface area contributed by atoms with Crippen molar-refractivity contribution in [1.29, 1.82) is 0 Å². The van der Waals surface area contributed by atoms with E-state index in [1.165, 1.54) is 12.8 Å². The lowest BCUT2D eigenvalue weighted by atomic mass is 9.65. The van der Waals surface area contributed by atoms with Gasteiger partial charge < -0.3 is 10.4 Å². The largest absolute Gasteiger partial charge is 0.481 e. The molecule has 0 unspecified atom stereocenters. The normalized spacial score (nSPS) is 24.7. The average molecular weight is 255 g/mol. The molecule has 1 rings (SSSR count). The Labute approximate surface area is 111 Å². The van der Waals surface area contributed by atoms with Gasteiger partial charge in [-0.15, -0.1) is 0 Å². The van der Waals surface area contributed by atoms with E-state index < -0.39 is 11.4 Å². The van der Waals surface area contributed by atoms with Crippen molar-refractivity contribution in [2.75, 3.05) is 6.54 Å². The van der Waals surface area contributed by atoms with Crippen molar-refractivity contribution in [3.05, 3.63) is 0 Å². The summed E-state index contributed by atoms with van der Waals surface area (Å²) >= 11 is 0. The fourth-order valence-corrected chi connectivity index (χ4v) is 2.71. The van der Waals surface area contributed by atoms with Gasteiger partial charge >= 0.3 is 5.97 Å². The molecule has 106 valence electrons. The molecule has 0 aromatic heterocycles. The third kappa shape index (κ3) is 3.25. The van der Waals surface area contributed by atoms with Crippen LogP contribution in [0.4, 0.5) is 0 Å². The number of rotatable bonds is 6. The highest BCUT2D eigenvalue weighted by Crippen LogP contribution is 2.41. The Bertz CT molecular complexity index is 283. The molecule has 0 radical (unpaired) electrons. The van der Waals surface area contributed by atoms with E-state index in [2.05, 4.69) is 26.1 Å². The quantitative estimate of drug-likeness (QED) is 0.765. The molecule has 1 aliphatic rings. The SMILES string of the molecule is CCC(CC)(CNC1CC(C(C)(C)C)C1)C(=O)O. The molecule has 2 N–H and O–H groups in total. The highest BCUT2D eigenvalue weighted by Gasteiger charge is 2.40. The Hall–Kier alpha value is -0.570. The first-order valence-electron chi connectivity index (χ1n) is 7.22. The summed E-state index contributed by atoms with van der Waals surface area (Å²) in [6, 6.07) is 0.519. The Morgan fingerprint density at radius 2 is 1.72 bits per heavy atom. The Morgan fingerprint density at radius 3 is 2.06 bits per heavy atom. The van der Waals surface area contributed by atoms with Crippen LogP contribution in [0.15, 0.2) is 0 Å². The number of hydrogen-bond donors (Lipinski definition) is 2. The summed E-state index contributed by atoms with van der Waals surface area (Å²) in [5.74, 6) is 0.115. The van der Waals surface area contributed by atoms with Crippen LogP contribution in [0.5, 0.6) is 0 Å². The fraction of sp³-hybridized carbons (Fsp3) is 0.933. The monoisotopic (exact) mass is 255 g/mol. The van der Waals surface area contributed by atoms with E-state index in [0.717, 1.165) is 5.92 Å². The number of carboxylic acid groups (broad SMARTS) is 1. The van der Waals surface area contributed by atoms with Gasteiger partial charge in [0.1, 0.15) is 0 Å². The van der Waals surface area contributed by atoms with Crippen LogP contribution in [0.25, 0.3) is 0 Å². The van der Waals surface area contributed by atoms with Gasteiger partial charge in [-0.05, 0) is 37.0 Å². The molecule has 0 spiro atoms. The maximum absolute atomic E-state index is 11.4. The lowest BCUT2D eigenvalue weighted by molar-refractivity contribution is -0.149. The van der Waals surface area contributed by atoms with Crippen LogP contribution >= 0.6 is 0 Å². The third-order valence-corrected chi connectivity index (χ3v) is 4.90. The van der Waals surface area contributed by atoms with Crippen molar-refractivity contribution in [3.8, 4) is 0 Å². The average Bonchev–Trinajstić information content (AvgIpc) is 2.19. The van der Waals surface area contributed by atoms with Crippen molar-refractivity contribution in [1.82, 2.24) is 5.32 Å². The van der Waals surface area contributed by atoms with Crippen LogP contribution in [0.1, 0.15) is 60.3 Å². The minimum Gasteiger partial charge on any atom is -0.481 e. The van der Waals surface area contributed by atoms with Crippen molar-refractivity contribution in [2.24, 2.45) is 16.7 Å². The smallest absolute Gasteiger partial charge is 0.310 e. The molecule has 1 fully saturated rings. The van der Waals surface area contributed by atoms with Gasteiger partial charge in [-0.25, -0.2) is 0 Å². The summed E-state index contributed by atoms with van der Waals surface area (Å²) in [5, 5.41) is 12.8. The molecule has 0 amide bonds. The predicted molar refractivity (Wildman–Crippen MR) is 74.6 cm³/mol. The van der Waals surface area contributed by atoms with Crippen LogP contribution in [-0.2, 0) is 4.79 Å². The van der Waals surface area contributed by atoms with E-state index >= 15 is 0 Å². The van der Waals surface area contributed by atoms with Crippen molar-refractivity contribution >= 4 is 5.97 Å². The Kier molecular flexibility index (Phi) is 4.82. The zero-order chi connectivity index (χ0) is 14.0. The van der Waals surface area contributed by atoms with Gasteiger partial charge in [-0.3, -0.25) is 4.79 Å². The molecule has 0 heterocycles. The van der Waals surface area contributed by atoms with Crippen LogP contribution in [0, 0.1) is 16.7 Å². The molecular formula is C15H29NO2. The van der Waals surface area contributed by atoms with Gasteiger partial charge in [0.05, 0.1) is 5.41 Å². The molecule has 0 aromatic carbocycles. The maximum atomic E-state index is 11.4. The summed E-state index contributed by atoms with van der Waals surface area (Å²) in [6.07, 6.45) is 3.77. The minimum absolute atomic E-state index is 0.386. The highest BCUT2D eigenvalue weighted by molar-refractivity contribution is 5.74. The van der Waals surface area contributed by atoms with Gasteiger partial charge in [0.15, 0.2) is 0 Å². The minimum atomic E-state index is -0.660. The maximum Gasteiger partial charge on any atom is 0.310 e. The summed E-state index contributed by atoms with van der Waals surface area (Å²) in [5.41, 5.74) is -0.190. The predicted octanol–water partition coefficient (Wildman–Crippen LogP) is 3.29. The van der Waals surface area contributed by atoms with Crippen molar-refractivity contribution in [3.63, 3.8) is 0 Å². The lowest BCUT2D eigenvalue weighted by Gasteiger charge is -2.45. The number of aliphatic carboxylic acids is 1. The molecule has 1 aliphatic carbocycles. The topological polar surface area (TPSA) is 49.3 Å². The molecule has 3 heteroatoms. The van der Waals surface area contributed by atoms with Crippen LogP contribution in [0.2, 0.25) is 0 Å². The van der Waals surface area contributed by atoms with Gasteiger partial charge in [0.25, 0.3) is 0 Å². The lowest BCUT2D eigenvalue weighted by Crippen LogP contribution is -2.50. The molecule has 0 aliphatic heterocycles. The van der Waals surface area contributed by atoms with E-state index in [4.69, 9.17) is 0 Å². The van der Waals surface area contributed by atoms with E-state index in [1.54, 1.807) is 0 Å². The first kappa shape index (κ1) is 15.5. The number of hydrogen-bond acceptors (Lipinski definition) is 2.